The predicted molar refractivity (Wildman–Crippen MR) is 106 cm³/mol. The fourth-order valence-corrected chi connectivity index (χ4v) is 4.24. The van der Waals surface area contributed by atoms with Crippen LogP contribution in [-0.4, -0.2) is 15.0 Å². The highest BCUT2D eigenvalue weighted by molar-refractivity contribution is 7.92. The summed E-state index contributed by atoms with van der Waals surface area (Å²) in [6, 6.07) is 21.5. The average Bonchev–Trinajstić information content (AvgIpc) is 2.69. The molecule has 0 atom stereocenters. The molecule has 0 aliphatic carbocycles. The third-order valence-corrected chi connectivity index (χ3v) is 5.88. The van der Waals surface area contributed by atoms with Crippen molar-refractivity contribution in [3.8, 4) is 11.5 Å². The topological polar surface area (TPSA) is 67.4 Å². The molecule has 0 saturated heterocycles. The van der Waals surface area contributed by atoms with Crippen LogP contribution in [0.25, 0.3) is 0 Å². The van der Waals surface area contributed by atoms with Gasteiger partial charge in [0.2, 0.25) is 0 Å². The average molecular weight is 380 g/mol. The highest BCUT2D eigenvalue weighted by atomic mass is 32.2. The number of ether oxygens (including phenoxy) is 1. The molecule has 0 saturated carbocycles. The van der Waals surface area contributed by atoms with E-state index in [1.807, 2.05) is 48.5 Å². The zero-order valence-corrected chi connectivity index (χ0v) is 15.5. The summed E-state index contributed by atoms with van der Waals surface area (Å²) in [5.74, 6) is 1.29. The third kappa shape index (κ3) is 3.97. The van der Waals surface area contributed by atoms with Crippen LogP contribution in [0.4, 0.5) is 5.69 Å². The van der Waals surface area contributed by atoms with Gasteiger partial charge in [-0.1, -0.05) is 30.3 Å². The molecule has 4 rings (SSSR count). The van der Waals surface area contributed by atoms with E-state index in [2.05, 4.69) is 10.0 Å². The highest BCUT2D eigenvalue weighted by Crippen LogP contribution is 2.27. The number of benzene rings is 3. The molecule has 0 amide bonds. The molecular weight excluding hydrogens is 360 g/mol. The van der Waals surface area contributed by atoms with Gasteiger partial charge in [-0.3, -0.25) is 4.72 Å². The fourth-order valence-electron chi connectivity index (χ4n) is 3.14. The molecule has 1 aliphatic heterocycles. The normalized spacial score (nSPS) is 13.6. The number of anilines is 1. The van der Waals surface area contributed by atoms with Gasteiger partial charge in [-0.25, -0.2) is 8.42 Å². The van der Waals surface area contributed by atoms with Crippen molar-refractivity contribution >= 4 is 15.7 Å². The summed E-state index contributed by atoms with van der Waals surface area (Å²) in [6.07, 6.45) is 0.803. The number of nitrogens with one attached hydrogen (secondary N) is 2. The van der Waals surface area contributed by atoms with E-state index in [4.69, 9.17) is 4.74 Å². The van der Waals surface area contributed by atoms with E-state index in [1.165, 1.54) is 0 Å². The fraction of sp³-hybridized carbons (Fsp3) is 0.143. The second-order valence-corrected chi connectivity index (χ2v) is 8.04. The van der Waals surface area contributed by atoms with Crippen molar-refractivity contribution in [3.05, 3.63) is 83.9 Å². The maximum Gasteiger partial charge on any atom is 0.261 e. The number of rotatable bonds is 5. The van der Waals surface area contributed by atoms with Gasteiger partial charge in [0, 0.05) is 6.54 Å². The summed E-state index contributed by atoms with van der Waals surface area (Å²) >= 11 is 0. The second kappa shape index (κ2) is 7.42. The van der Waals surface area contributed by atoms with Crippen LogP contribution in [-0.2, 0) is 23.0 Å². The van der Waals surface area contributed by atoms with Crippen LogP contribution in [0.2, 0.25) is 0 Å². The molecule has 0 spiro atoms. The van der Waals surface area contributed by atoms with Crippen molar-refractivity contribution < 1.29 is 13.2 Å². The first-order chi connectivity index (χ1) is 13.1. The van der Waals surface area contributed by atoms with Crippen molar-refractivity contribution in [2.24, 2.45) is 0 Å². The predicted octanol–water partition coefficient (Wildman–Crippen LogP) is 3.93. The summed E-state index contributed by atoms with van der Waals surface area (Å²) in [4.78, 5) is 0.203. The maximum atomic E-state index is 12.8. The number of fused-ring (bicyclic) bond motifs is 1. The van der Waals surface area contributed by atoms with Crippen molar-refractivity contribution in [1.29, 1.82) is 0 Å². The standard InChI is InChI=1S/C21H20N2O3S/c24-27(25,23-21-8-4-5-16-15-22-14-13-20(16)21)19-11-9-18(10-12-19)26-17-6-2-1-3-7-17/h1-12,22-23H,13-15H2. The SMILES string of the molecule is O=S(=O)(Nc1cccc2c1CCNC2)c1ccc(Oc2ccccc2)cc1. The van der Waals surface area contributed by atoms with Crippen molar-refractivity contribution in [3.63, 3.8) is 0 Å². The summed E-state index contributed by atoms with van der Waals surface area (Å²) in [5.41, 5.74) is 2.84. The first kappa shape index (κ1) is 17.6. The van der Waals surface area contributed by atoms with Crippen LogP contribution < -0.4 is 14.8 Å². The minimum atomic E-state index is -3.66. The van der Waals surface area contributed by atoms with Gasteiger partial charge in [0.25, 0.3) is 10.0 Å². The summed E-state index contributed by atoms with van der Waals surface area (Å²) < 4.78 is 34.0. The third-order valence-electron chi connectivity index (χ3n) is 4.50. The number of para-hydroxylation sites is 1. The lowest BCUT2D eigenvalue weighted by molar-refractivity contribution is 0.482. The Balaban J connectivity index is 1.54. The smallest absolute Gasteiger partial charge is 0.261 e. The summed E-state index contributed by atoms with van der Waals surface area (Å²) in [7, 11) is -3.66. The largest absolute Gasteiger partial charge is 0.457 e. The minimum absolute atomic E-state index is 0.203. The van der Waals surface area contributed by atoms with Gasteiger partial charge in [-0.2, -0.15) is 0 Å². The zero-order valence-electron chi connectivity index (χ0n) is 14.7. The molecule has 5 nitrogen and oxygen atoms in total. The van der Waals surface area contributed by atoms with Gasteiger partial charge in [0.15, 0.2) is 0 Å². The minimum Gasteiger partial charge on any atom is -0.457 e. The Morgan fingerprint density at radius 3 is 2.37 bits per heavy atom. The van der Waals surface area contributed by atoms with E-state index < -0.39 is 10.0 Å². The molecule has 1 aliphatic rings. The van der Waals surface area contributed by atoms with Gasteiger partial charge in [0.05, 0.1) is 10.6 Å². The lowest BCUT2D eigenvalue weighted by Gasteiger charge is -2.21. The zero-order chi connectivity index (χ0) is 18.7. The molecule has 3 aromatic carbocycles. The molecule has 138 valence electrons. The number of sulfonamides is 1. The molecular formula is C21H20N2O3S. The number of hydrogen-bond acceptors (Lipinski definition) is 4. The molecule has 0 aromatic heterocycles. The Morgan fingerprint density at radius 1 is 0.852 bits per heavy atom. The molecule has 0 fully saturated rings. The summed E-state index contributed by atoms with van der Waals surface area (Å²) in [6.45, 7) is 1.60. The van der Waals surface area contributed by atoms with Gasteiger partial charge in [0.1, 0.15) is 11.5 Å². The quantitative estimate of drug-likeness (QED) is 0.704. The van der Waals surface area contributed by atoms with Crippen LogP contribution in [0.15, 0.2) is 77.7 Å². The molecule has 0 bridgehead atoms. The van der Waals surface area contributed by atoms with Crippen molar-refractivity contribution in [2.45, 2.75) is 17.9 Å². The number of hydrogen-bond donors (Lipinski definition) is 2. The van der Waals surface area contributed by atoms with Crippen molar-refractivity contribution in [1.82, 2.24) is 5.32 Å². The van der Waals surface area contributed by atoms with E-state index in [9.17, 15) is 8.42 Å². The van der Waals surface area contributed by atoms with Crippen LogP contribution in [0.3, 0.4) is 0 Å². The molecule has 3 aromatic rings. The van der Waals surface area contributed by atoms with E-state index in [0.29, 0.717) is 17.2 Å². The van der Waals surface area contributed by atoms with Gasteiger partial charge < -0.3 is 10.1 Å². The highest BCUT2D eigenvalue weighted by Gasteiger charge is 2.19. The maximum absolute atomic E-state index is 12.8. The second-order valence-electron chi connectivity index (χ2n) is 6.36. The van der Waals surface area contributed by atoms with Crippen LogP contribution in [0.1, 0.15) is 11.1 Å². The summed E-state index contributed by atoms with van der Waals surface area (Å²) in [5, 5.41) is 3.30. The Bertz CT molecular complexity index is 1030. The molecule has 0 unspecified atom stereocenters. The Labute approximate surface area is 159 Å². The van der Waals surface area contributed by atoms with E-state index >= 15 is 0 Å². The molecule has 27 heavy (non-hydrogen) atoms. The molecule has 2 N–H and O–H groups in total. The molecule has 0 radical (unpaired) electrons. The van der Waals surface area contributed by atoms with E-state index in [-0.39, 0.29) is 4.90 Å². The van der Waals surface area contributed by atoms with Gasteiger partial charge in [-0.15, -0.1) is 0 Å². The lowest BCUT2D eigenvalue weighted by Crippen LogP contribution is -2.25. The molecule has 1 heterocycles. The van der Waals surface area contributed by atoms with Crippen molar-refractivity contribution in [2.75, 3.05) is 11.3 Å². The Morgan fingerprint density at radius 2 is 1.59 bits per heavy atom. The Kier molecular flexibility index (Phi) is 4.83. The Hall–Kier alpha value is -2.83. The van der Waals surface area contributed by atoms with Crippen LogP contribution >= 0.6 is 0 Å². The van der Waals surface area contributed by atoms with Gasteiger partial charge in [-0.05, 0) is 66.6 Å². The van der Waals surface area contributed by atoms with E-state index in [0.717, 1.165) is 30.6 Å². The lowest BCUT2D eigenvalue weighted by atomic mass is 9.99. The first-order valence-corrected chi connectivity index (χ1v) is 10.3. The van der Waals surface area contributed by atoms with E-state index in [1.54, 1.807) is 24.3 Å². The van der Waals surface area contributed by atoms with Crippen LogP contribution in [0.5, 0.6) is 11.5 Å². The van der Waals surface area contributed by atoms with Gasteiger partial charge >= 0.3 is 0 Å². The molecule has 6 heteroatoms. The monoisotopic (exact) mass is 380 g/mol. The first-order valence-electron chi connectivity index (χ1n) is 8.79. The van der Waals surface area contributed by atoms with Crippen LogP contribution in [0, 0.1) is 0 Å².